The van der Waals surface area contributed by atoms with Crippen LogP contribution in [-0.4, -0.2) is 176 Å². The van der Waals surface area contributed by atoms with Crippen molar-refractivity contribution in [3.63, 3.8) is 0 Å². The lowest BCUT2D eigenvalue weighted by atomic mass is 9.71. The Morgan fingerprint density at radius 1 is 0.914 bits per heavy atom. The van der Waals surface area contributed by atoms with Gasteiger partial charge < -0.3 is 68.0 Å². The number of esters is 1. The molecule has 0 aromatic heterocycles. The summed E-state index contributed by atoms with van der Waals surface area (Å²) in [4.78, 5) is 16.4. The largest absolute Gasteiger partial charge is 0.459 e. The van der Waals surface area contributed by atoms with E-state index in [0.29, 0.717) is 19.6 Å². The Morgan fingerprint density at radius 3 is 2.19 bits per heavy atom. The minimum absolute atomic E-state index is 0.137. The van der Waals surface area contributed by atoms with Gasteiger partial charge in [0.25, 0.3) is 0 Å². The van der Waals surface area contributed by atoms with Gasteiger partial charge in [0, 0.05) is 44.6 Å². The number of hydrogen-bond acceptors (Lipinski definition) is 16. The Morgan fingerprint density at radius 2 is 1.59 bits per heavy atom. The molecule has 0 aromatic carbocycles. The first-order chi connectivity index (χ1) is 27.0. The fourth-order valence-electron chi connectivity index (χ4n) is 10.0. The van der Waals surface area contributed by atoms with Crippen LogP contribution in [0.5, 0.6) is 0 Å². The van der Waals surface area contributed by atoms with Crippen LogP contribution in [-0.2, 0) is 47.4 Å². The summed E-state index contributed by atoms with van der Waals surface area (Å²) >= 11 is 0. The van der Waals surface area contributed by atoms with Gasteiger partial charge in [0.15, 0.2) is 12.6 Å². The Hall–Kier alpha value is -1.09. The van der Waals surface area contributed by atoms with E-state index in [1.54, 1.807) is 41.7 Å². The van der Waals surface area contributed by atoms with Crippen molar-refractivity contribution in [2.75, 3.05) is 48.1 Å². The third kappa shape index (κ3) is 11.1. The summed E-state index contributed by atoms with van der Waals surface area (Å²) in [7, 11) is 6.90. The highest BCUT2D eigenvalue weighted by molar-refractivity contribution is 5.73. The maximum Gasteiger partial charge on any atom is 0.311 e. The molecule has 16 heteroatoms. The molecule has 4 heterocycles. The Balaban J connectivity index is 1.83. The minimum atomic E-state index is -1.64. The zero-order valence-corrected chi connectivity index (χ0v) is 37.6. The van der Waals surface area contributed by atoms with Crippen molar-refractivity contribution >= 4 is 5.97 Å². The quantitative estimate of drug-likeness (QED) is 0.142. The van der Waals surface area contributed by atoms with E-state index >= 15 is 0 Å². The number of methoxy groups -OCH3 is 2. The van der Waals surface area contributed by atoms with Crippen LogP contribution in [0.2, 0.25) is 0 Å². The van der Waals surface area contributed by atoms with Gasteiger partial charge >= 0.3 is 5.97 Å². The van der Waals surface area contributed by atoms with Crippen LogP contribution >= 0.6 is 0 Å². The van der Waals surface area contributed by atoms with E-state index in [0.717, 1.165) is 0 Å². The van der Waals surface area contributed by atoms with E-state index in [1.807, 2.05) is 53.6 Å². The number of cyclic esters (lactones) is 1. The number of carbonyl (C=O) groups is 1. The van der Waals surface area contributed by atoms with Gasteiger partial charge in [-0.3, -0.25) is 10.1 Å². The number of aliphatic hydroxyl groups excluding tert-OH is 2. The molecule has 2 bridgehead atoms. The lowest BCUT2D eigenvalue weighted by Gasteiger charge is -2.52. The first-order valence-electron chi connectivity index (χ1n) is 21.4. The van der Waals surface area contributed by atoms with E-state index in [9.17, 15) is 25.2 Å². The molecule has 4 aliphatic rings. The molecule has 16 nitrogen and oxygen atoms in total. The van der Waals surface area contributed by atoms with Gasteiger partial charge in [0.2, 0.25) is 0 Å². The maximum atomic E-state index is 14.5. The number of fused-ring (bicyclic) bond motifs is 2. The minimum Gasteiger partial charge on any atom is -0.459 e. The summed E-state index contributed by atoms with van der Waals surface area (Å²) in [6.07, 6.45) is -8.29. The van der Waals surface area contributed by atoms with E-state index in [-0.39, 0.29) is 55.9 Å². The number of carbonyl (C=O) groups excluding carboxylic acids is 1. The van der Waals surface area contributed by atoms with E-state index < -0.39 is 96.1 Å². The number of ether oxygens (including phenoxy) is 9. The summed E-state index contributed by atoms with van der Waals surface area (Å²) in [6, 6.07) is -0.593. The maximum absolute atomic E-state index is 14.5. The highest BCUT2D eigenvalue weighted by Gasteiger charge is 2.55. The van der Waals surface area contributed by atoms with Gasteiger partial charge in [-0.1, -0.05) is 27.7 Å². The molecular weight excluding hydrogens is 756 g/mol. The predicted molar refractivity (Wildman–Crippen MR) is 214 cm³/mol. The summed E-state index contributed by atoms with van der Waals surface area (Å²) in [5, 5.41) is 51.5. The Kier molecular flexibility index (Phi) is 17.4. The lowest BCUT2D eigenvalue weighted by Crippen LogP contribution is -2.67. The molecule has 4 fully saturated rings. The number of hydrogen-bond donors (Lipinski definition) is 5. The topological polar surface area (TPSA) is 196 Å². The van der Waals surface area contributed by atoms with E-state index in [2.05, 4.69) is 5.32 Å². The fourth-order valence-corrected chi connectivity index (χ4v) is 10.0. The number of nitrogens with zero attached hydrogens (tertiary/aromatic N) is 1. The molecule has 4 rings (SSSR count). The molecule has 0 radical (unpaired) electrons. The zero-order chi connectivity index (χ0) is 43.5. The van der Waals surface area contributed by atoms with Crippen molar-refractivity contribution in [2.45, 2.75) is 191 Å². The summed E-state index contributed by atoms with van der Waals surface area (Å²) in [5.74, 6) is -2.95. The highest BCUT2D eigenvalue weighted by atomic mass is 16.7. The molecule has 5 N–H and O–H groups in total. The second kappa shape index (κ2) is 20.4. The molecular formula is C42H78N2O14. The molecule has 20 atom stereocenters. The Bertz CT molecular complexity index is 1290. The standard InChI is InChI=1S/C42H78N2O14/c1-15-29-42(10,49)37-24(4)32(43-30(56-37)21-52-17-16-50-13)22(2)19-40(8,48)36(58-39-33(45)28(44(11)12)18-23(3)53-39)25(5)34(26(6)38(47)55-29)57-31-20-41(9,51-14)35(46)27(7)54-31/h22-37,39,43,45-46,48-49H,15-21H2,1-14H3/t22-,23-,24+,25+,26-,27+,28-,29-,30+,31-,32+,33-,34+,35-,36-,37-,39+,40-,41+,42-/m1/s1. The Labute approximate surface area is 346 Å². The van der Waals surface area contributed by atoms with Crippen molar-refractivity contribution in [1.82, 2.24) is 10.2 Å². The van der Waals surface area contributed by atoms with Crippen LogP contribution in [0.4, 0.5) is 0 Å². The van der Waals surface area contributed by atoms with E-state index in [1.165, 1.54) is 7.11 Å². The zero-order valence-electron chi connectivity index (χ0n) is 37.6. The highest BCUT2D eigenvalue weighted by Crippen LogP contribution is 2.43. The fraction of sp³-hybridized carbons (Fsp3) is 0.976. The molecule has 0 spiro atoms. The summed E-state index contributed by atoms with van der Waals surface area (Å²) in [5.41, 5.74) is -4.27. The molecule has 0 aliphatic carbocycles. The second-order valence-corrected chi connectivity index (χ2v) is 18.6. The lowest BCUT2D eigenvalue weighted by molar-refractivity contribution is -0.318. The van der Waals surface area contributed by atoms with Gasteiger partial charge in [-0.2, -0.15) is 0 Å². The average molecular weight is 835 g/mol. The summed E-state index contributed by atoms with van der Waals surface area (Å²) < 4.78 is 55.7. The van der Waals surface area contributed by atoms with Crippen molar-refractivity contribution < 1.29 is 67.9 Å². The normalized spacial score (nSPS) is 48.7. The van der Waals surface area contributed by atoms with Crippen LogP contribution in [0.3, 0.4) is 0 Å². The van der Waals surface area contributed by atoms with Crippen LogP contribution in [0.1, 0.15) is 94.9 Å². The number of nitrogens with one attached hydrogen (secondary N) is 1. The van der Waals surface area contributed by atoms with Crippen LogP contribution in [0, 0.1) is 23.7 Å². The van der Waals surface area contributed by atoms with Crippen LogP contribution in [0.15, 0.2) is 0 Å². The SMILES string of the molecule is CC[C@H]1OC(=O)[C@H](C)[C@@H](O[C@@H]2C[C@](C)(OC)[C@H](O)[C@H](C)O2)[C@H](C)[C@@H](O[C@@H]2O[C@H](C)C[C@@H](N(C)C)[C@H]2O)[C@](C)(O)C[C@@H](C)[C@@H]2N[C@H](COCCOC)O[C@H]([C@H]2C)[C@]1(C)O. The molecule has 4 saturated heterocycles. The van der Waals surface area contributed by atoms with Crippen LogP contribution < -0.4 is 5.32 Å². The van der Waals surface area contributed by atoms with Gasteiger partial charge in [0.05, 0.1) is 67.5 Å². The van der Waals surface area contributed by atoms with Gasteiger partial charge in [-0.15, -0.1) is 0 Å². The molecule has 4 aliphatic heterocycles. The average Bonchev–Trinajstić information content (AvgIpc) is 3.15. The van der Waals surface area contributed by atoms with Gasteiger partial charge in [-0.05, 0) is 80.8 Å². The van der Waals surface area contributed by atoms with Gasteiger partial charge in [-0.25, -0.2) is 0 Å². The summed E-state index contributed by atoms with van der Waals surface area (Å²) in [6.45, 7) is 19.1. The van der Waals surface area contributed by atoms with Crippen molar-refractivity contribution in [2.24, 2.45) is 23.7 Å². The molecule has 0 aromatic rings. The first-order valence-corrected chi connectivity index (χ1v) is 21.4. The van der Waals surface area contributed by atoms with Crippen molar-refractivity contribution in [3.8, 4) is 0 Å². The second-order valence-electron chi connectivity index (χ2n) is 18.6. The predicted octanol–water partition coefficient (Wildman–Crippen LogP) is 2.20. The van der Waals surface area contributed by atoms with Crippen molar-refractivity contribution in [3.05, 3.63) is 0 Å². The molecule has 0 amide bonds. The van der Waals surface area contributed by atoms with E-state index in [4.69, 9.17) is 42.6 Å². The molecule has 58 heavy (non-hydrogen) atoms. The monoisotopic (exact) mass is 835 g/mol. The third-order valence-electron chi connectivity index (χ3n) is 13.5. The smallest absolute Gasteiger partial charge is 0.311 e. The first kappa shape index (κ1) is 49.6. The third-order valence-corrected chi connectivity index (χ3v) is 13.5. The molecule has 340 valence electrons. The molecule has 0 saturated carbocycles. The number of likely N-dealkylation sites (N-methyl/N-ethyl adjacent to an activating group) is 1. The van der Waals surface area contributed by atoms with Crippen molar-refractivity contribution in [1.29, 1.82) is 0 Å². The number of rotatable bonds is 12. The van der Waals surface area contributed by atoms with Gasteiger partial charge in [0.1, 0.15) is 30.1 Å². The number of aliphatic hydroxyl groups is 4. The molecule has 0 unspecified atom stereocenters. The van der Waals surface area contributed by atoms with Crippen LogP contribution in [0.25, 0.3) is 0 Å².